The largest absolute Gasteiger partial charge is 0.478 e. The normalized spacial score (nSPS) is 11.7. The van der Waals surface area contributed by atoms with Gasteiger partial charge in [-0.2, -0.15) is 0 Å². The summed E-state index contributed by atoms with van der Waals surface area (Å²) in [6.07, 6.45) is -4.50. The van der Waals surface area contributed by atoms with Gasteiger partial charge < -0.3 is 19.9 Å². The van der Waals surface area contributed by atoms with Gasteiger partial charge >= 0.3 is 17.9 Å². The van der Waals surface area contributed by atoms with Gasteiger partial charge in [0.05, 0.1) is 11.1 Å². The highest BCUT2D eigenvalue weighted by Crippen LogP contribution is 2.16. The molecule has 0 saturated heterocycles. The second-order valence-corrected chi connectivity index (χ2v) is 10.1. The number of hydrogen-bond donors (Lipinski definition) is 4. The number of carbonyl (C=O) groups excluding carboxylic acids is 5. The van der Waals surface area contributed by atoms with Crippen molar-refractivity contribution in [2.45, 2.75) is 26.1 Å². The average Bonchev–Trinajstić information content (AvgIpc) is 3.05. The van der Waals surface area contributed by atoms with Crippen LogP contribution in [-0.4, -0.2) is 52.9 Å². The summed E-state index contributed by atoms with van der Waals surface area (Å²) < 4.78 is 10.4. The topological polar surface area (TPSA) is 177 Å². The van der Waals surface area contributed by atoms with Crippen LogP contribution >= 0.6 is 0 Å². The number of aryl methyl sites for hydroxylation is 2. The second kappa shape index (κ2) is 14.9. The highest BCUT2D eigenvalue weighted by molar-refractivity contribution is 6.04. The first-order valence-corrected chi connectivity index (χ1v) is 13.9. The van der Waals surface area contributed by atoms with Crippen molar-refractivity contribution in [3.63, 3.8) is 0 Å². The van der Waals surface area contributed by atoms with E-state index in [1.165, 1.54) is 48.5 Å². The third-order valence-corrected chi connectivity index (χ3v) is 6.49. The molecule has 12 heteroatoms. The van der Waals surface area contributed by atoms with Crippen LogP contribution in [-0.2, 0) is 19.1 Å². The Kier molecular flexibility index (Phi) is 10.6. The van der Waals surface area contributed by atoms with E-state index < -0.39 is 41.9 Å². The van der Waals surface area contributed by atoms with E-state index in [4.69, 9.17) is 9.47 Å². The van der Waals surface area contributed by atoms with Gasteiger partial charge in [0.2, 0.25) is 12.2 Å². The third kappa shape index (κ3) is 8.63. The molecule has 12 nitrogen and oxygen atoms in total. The molecule has 0 aliphatic heterocycles. The fourth-order valence-electron chi connectivity index (χ4n) is 4.16. The van der Waals surface area contributed by atoms with E-state index in [1.807, 2.05) is 5.43 Å². The van der Waals surface area contributed by atoms with Crippen molar-refractivity contribution in [3.05, 3.63) is 137 Å². The maximum absolute atomic E-state index is 13.2. The Hall–Kier alpha value is -6.30. The van der Waals surface area contributed by atoms with E-state index in [2.05, 4.69) is 10.7 Å². The number of ether oxygens (including phenoxy) is 2. The summed E-state index contributed by atoms with van der Waals surface area (Å²) >= 11 is 0. The number of aliphatic carboxylic acids is 1. The lowest BCUT2D eigenvalue weighted by atomic mass is 10.1. The first kappa shape index (κ1) is 32.6. The lowest BCUT2D eigenvalue weighted by molar-refractivity contribution is -0.159. The predicted molar refractivity (Wildman–Crippen MR) is 165 cm³/mol. The number of amides is 3. The van der Waals surface area contributed by atoms with Crippen LogP contribution in [0.4, 0.5) is 5.69 Å². The van der Waals surface area contributed by atoms with Gasteiger partial charge in [-0.1, -0.05) is 53.6 Å². The fraction of sp³-hybridized carbons (Fsp3) is 0.118. The summed E-state index contributed by atoms with van der Waals surface area (Å²) in [5.74, 6) is -6.39. The van der Waals surface area contributed by atoms with Crippen LogP contribution in [0, 0.1) is 13.8 Å². The average molecular weight is 624 g/mol. The summed E-state index contributed by atoms with van der Waals surface area (Å²) in [7, 11) is 0. The van der Waals surface area contributed by atoms with Crippen molar-refractivity contribution in [2.24, 2.45) is 0 Å². The van der Waals surface area contributed by atoms with E-state index in [9.17, 15) is 33.9 Å². The van der Waals surface area contributed by atoms with Crippen LogP contribution in [0.3, 0.4) is 0 Å². The Morgan fingerprint density at radius 2 is 1.07 bits per heavy atom. The number of carbonyl (C=O) groups is 6. The van der Waals surface area contributed by atoms with Gasteiger partial charge in [0, 0.05) is 16.8 Å². The SMILES string of the molecule is Cc1cccc(C(=O)O[C@H](C(=O)NNC(=O)c2ccc(NC(=O)c3ccccc3)cc2)[C@@H](OC(=O)c2cccc(C)c2)C(=O)O)c1. The van der Waals surface area contributed by atoms with Crippen molar-refractivity contribution < 1.29 is 43.3 Å². The van der Waals surface area contributed by atoms with Gasteiger partial charge in [-0.15, -0.1) is 0 Å². The molecule has 0 fully saturated rings. The van der Waals surface area contributed by atoms with Gasteiger partial charge in [-0.25, -0.2) is 14.4 Å². The van der Waals surface area contributed by atoms with E-state index in [1.54, 1.807) is 68.4 Å². The Morgan fingerprint density at radius 1 is 0.565 bits per heavy atom. The first-order chi connectivity index (χ1) is 22.0. The zero-order valence-electron chi connectivity index (χ0n) is 24.7. The minimum absolute atomic E-state index is 0.00660. The summed E-state index contributed by atoms with van der Waals surface area (Å²) in [5, 5.41) is 12.6. The van der Waals surface area contributed by atoms with E-state index >= 15 is 0 Å². The molecule has 0 radical (unpaired) electrons. The number of hydrogen-bond acceptors (Lipinski definition) is 8. The minimum atomic E-state index is -2.29. The van der Waals surface area contributed by atoms with Crippen LogP contribution in [0.25, 0.3) is 0 Å². The molecule has 4 rings (SSSR count). The van der Waals surface area contributed by atoms with Crippen LogP contribution in [0.1, 0.15) is 52.6 Å². The maximum Gasteiger partial charge on any atom is 0.349 e. The Labute approximate surface area is 263 Å². The number of esters is 2. The van der Waals surface area contributed by atoms with E-state index in [-0.39, 0.29) is 22.6 Å². The van der Waals surface area contributed by atoms with Gasteiger partial charge in [0.15, 0.2) is 0 Å². The molecule has 0 bridgehead atoms. The molecule has 234 valence electrons. The Balaban J connectivity index is 1.48. The predicted octanol–water partition coefficient (Wildman–Crippen LogP) is 3.85. The van der Waals surface area contributed by atoms with Crippen molar-refractivity contribution in [2.75, 3.05) is 5.32 Å². The van der Waals surface area contributed by atoms with Crippen molar-refractivity contribution >= 4 is 41.3 Å². The molecule has 0 aromatic heterocycles. The number of anilines is 1. The standard InChI is InChI=1S/C34H29N3O9/c1-20-8-6-12-24(18-20)33(43)45-27(28(32(41)42)46-34(44)25-13-7-9-21(2)19-25)31(40)37-36-30(39)23-14-16-26(17-15-23)35-29(38)22-10-4-3-5-11-22/h3-19,27-28H,1-2H3,(H,35,38)(H,36,39)(H,37,40)(H,41,42)/t27-,28+/m0/s1. The minimum Gasteiger partial charge on any atom is -0.478 e. The van der Waals surface area contributed by atoms with Crippen LogP contribution in [0.5, 0.6) is 0 Å². The molecular weight excluding hydrogens is 594 g/mol. The number of benzene rings is 4. The molecule has 0 heterocycles. The third-order valence-electron chi connectivity index (χ3n) is 6.49. The highest BCUT2D eigenvalue weighted by atomic mass is 16.6. The molecule has 3 amide bonds. The molecule has 0 saturated carbocycles. The number of nitrogens with one attached hydrogen (secondary N) is 3. The summed E-state index contributed by atoms with van der Waals surface area (Å²) in [6, 6.07) is 26.4. The van der Waals surface area contributed by atoms with E-state index in [0.29, 0.717) is 22.4 Å². The number of carboxylic acid groups (broad SMARTS) is 1. The molecule has 2 atom stereocenters. The van der Waals surface area contributed by atoms with Crippen molar-refractivity contribution in [1.29, 1.82) is 0 Å². The summed E-state index contributed by atoms with van der Waals surface area (Å²) in [6.45, 7) is 3.42. The Morgan fingerprint density at radius 3 is 1.59 bits per heavy atom. The van der Waals surface area contributed by atoms with Crippen LogP contribution in [0.2, 0.25) is 0 Å². The maximum atomic E-state index is 13.2. The molecule has 0 spiro atoms. The lowest BCUT2D eigenvalue weighted by Crippen LogP contribution is -2.54. The molecule has 0 unspecified atom stereocenters. The number of hydrazine groups is 1. The second-order valence-electron chi connectivity index (χ2n) is 10.1. The Bertz CT molecular complexity index is 1770. The molecule has 0 aliphatic rings. The zero-order valence-corrected chi connectivity index (χ0v) is 24.7. The number of carboxylic acids is 1. The quantitative estimate of drug-likeness (QED) is 0.151. The smallest absolute Gasteiger partial charge is 0.349 e. The van der Waals surface area contributed by atoms with Gasteiger partial charge in [0.25, 0.3) is 17.7 Å². The van der Waals surface area contributed by atoms with Crippen molar-refractivity contribution in [1.82, 2.24) is 10.9 Å². The van der Waals surface area contributed by atoms with Gasteiger partial charge in [0.1, 0.15) is 0 Å². The zero-order chi connectivity index (χ0) is 33.2. The summed E-state index contributed by atoms with van der Waals surface area (Å²) in [4.78, 5) is 76.4. The molecule has 46 heavy (non-hydrogen) atoms. The summed E-state index contributed by atoms with van der Waals surface area (Å²) in [5.41, 5.74) is 6.45. The molecule has 4 aromatic carbocycles. The molecular formula is C34H29N3O9. The number of rotatable bonds is 10. The lowest BCUT2D eigenvalue weighted by Gasteiger charge is -2.23. The fourth-order valence-corrected chi connectivity index (χ4v) is 4.16. The molecule has 0 aliphatic carbocycles. The van der Waals surface area contributed by atoms with Gasteiger partial charge in [-0.05, 0) is 74.5 Å². The first-order valence-electron chi connectivity index (χ1n) is 13.9. The van der Waals surface area contributed by atoms with Gasteiger partial charge in [-0.3, -0.25) is 25.2 Å². The molecule has 4 N–H and O–H groups in total. The van der Waals surface area contributed by atoms with Crippen molar-refractivity contribution in [3.8, 4) is 0 Å². The van der Waals surface area contributed by atoms with Crippen LogP contribution < -0.4 is 16.2 Å². The molecule has 4 aromatic rings. The highest BCUT2D eigenvalue weighted by Gasteiger charge is 2.41. The monoisotopic (exact) mass is 623 g/mol. The van der Waals surface area contributed by atoms with Crippen LogP contribution in [0.15, 0.2) is 103 Å². The van der Waals surface area contributed by atoms with E-state index in [0.717, 1.165) is 0 Å².